The molecule has 2 heteroatoms. The number of hydrogen-bond acceptors (Lipinski definition) is 2. The summed E-state index contributed by atoms with van der Waals surface area (Å²) in [5, 5.41) is 3.84. The third kappa shape index (κ3) is 2.79. The topological polar surface area (TPSA) is 12.0 Å². The Morgan fingerprint density at radius 2 is 1.95 bits per heavy atom. The summed E-state index contributed by atoms with van der Waals surface area (Å²) in [4.78, 5) is 3.20. The maximum atomic E-state index is 3.84. The molecule has 1 nitrogen and oxygen atoms in total. The van der Waals surface area contributed by atoms with E-state index in [1.165, 1.54) is 37.7 Å². The summed E-state index contributed by atoms with van der Waals surface area (Å²) < 4.78 is 0. The van der Waals surface area contributed by atoms with E-state index in [-0.39, 0.29) is 0 Å². The highest BCUT2D eigenvalue weighted by Gasteiger charge is 2.39. The molecule has 2 aromatic rings. The first kappa shape index (κ1) is 13.5. The van der Waals surface area contributed by atoms with Crippen LogP contribution in [-0.2, 0) is 12.8 Å². The zero-order valence-corrected chi connectivity index (χ0v) is 13.5. The first-order valence-corrected chi connectivity index (χ1v) is 9.05. The molecule has 1 N–H and O–H groups in total. The van der Waals surface area contributed by atoms with E-state index in [4.69, 9.17) is 0 Å². The molecule has 0 aliphatic heterocycles. The average Bonchev–Trinajstić information content (AvgIpc) is 3.14. The quantitative estimate of drug-likeness (QED) is 0.852. The Hall–Kier alpha value is -1.12. The molecule has 0 bridgehead atoms. The molecule has 2 aliphatic rings. The lowest BCUT2D eigenvalue weighted by Gasteiger charge is -2.12. The van der Waals surface area contributed by atoms with Crippen LogP contribution in [-0.4, -0.2) is 6.04 Å². The van der Waals surface area contributed by atoms with Crippen molar-refractivity contribution in [3.8, 4) is 0 Å². The van der Waals surface area contributed by atoms with E-state index in [0.717, 1.165) is 5.92 Å². The van der Waals surface area contributed by atoms with Crippen molar-refractivity contribution < 1.29 is 0 Å². The van der Waals surface area contributed by atoms with Gasteiger partial charge in [-0.15, -0.1) is 11.3 Å². The Kier molecular flexibility index (Phi) is 3.60. The predicted molar refractivity (Wildman–Crippen MR) is 90.1 cm³/mol. The molecule has 2 aliphatic carbocycles. The minimum absolute atomic E-state index is 0.499. The Balaban J connectivity index is 1.41. The summed E-state index contributed by atoms with van der Waals surface area (Å²) in [5.74, 6) is 0.725. The van der Waals surface area contributed by atoms with E-state index < -0.39 is 0 Å². The lowest BCUT2D eigenvalue weighted by atomic mass is 9.99. The lowest BCUT2D eigenvalue weighted by Crippen LogP contribution is -2.21. The number of fused-ring (bicyclic) bond motifs is 1. The van der Waals surface area contributed by atoms with Gasteiger partial charge in [0.25, 0.3) is 0 Å². The predicted octanol–water partition coefficient (Wildman–Crippen LogP) is 4.83. The number of hydrogen-bond donors (Lipinski definition) is 1. The van der Waals surface area contributed by atoms with Gasteiger partial charge in [0.1, 0.15) is 0 Å². The minimum Gasteiger partial charge on any atom is -0.306 e. The van der Waals surface area contributed by atoms with Crippen LogP contribution in [0.5, 0.6) is 0 Å². The molecule has 21 heavy (non-hydrogen) atoms. The van der Waals surface area contributed by atoms with E-state index in [0.29, 0.717) is 12.1 Å². The number of aryl methyl sites for hydroxylation is 2. The van der Waals surface area contributed by atoms with E-state index in [2.05, 4.69) is 48.6 Å². The Labute approximate surface area is 131 Å². The van der Waals surface area contributed by atoms with Gasteiger partial charge < -0.3 is 5.32 Å². The van der Waals surface area contributed by atoms with Gasteiger partial charge in [-0.25, -0.2) is 0 Å². The van der Waals surface area contributed by atoms with Crippen molar-refractivity contribution in [2.45, 2.75) is 57.0 Å². The maximum Gasteiger partial charge on any atom is 0.0388 e. The Morgan fingerprint density at radius 1 is 1.14 bits per heavy atom. The second-order valence-corrected chi connectivity index (χ2v) is 7.72. The van der Waals surface area contributed by atoms with Crippen molar-refractivity contribution in [2.24, 2.45) is 0 Å². The molecule has 0 radical (unpaired) electrons. The van der Waals surface area contributed by atoms with Gasteiger partial charge >= 0.3 is 0 Å². The monoisotopic (exact) mass is 297 g/mol. The minimum atomic E-state index is 0.499. The van der Waals surface area contributed by atoms with Crippen LogP contribution in [0.15, 0.2) is 36.4 Å². The summed E-state index contributed by atoms with van der Waals surface area (Å²) >= 11 is 2.05. The number of thiophene rings is 1. The van der Waals surface area contributed by atoms with E-state index in [1.807, 2.05) is 11.3 Å². The van der Waals surface area contributed by atoms with Gasteiger partial charge in [0.15, 0.2) is 0 Å². The molecule has 1 saturated carbocycles. The zero-order chi connectivity index (χ0) is 14.2. The number of benzene rings is 1. The number of nitrogens with one attached hydrogen (secondary N) is 1. The lowest BCUT2D eigenvalue weighted by molar-refractivity contribution is 0.570. The van der Waals surface area contributed by atoms with Crippen LogP contribution in [0.4, 0.5) is 0 Å². The highest BCUT2D eigenvalue weighted by Crippen LogP contribution is 2.42. The zero-order valence-electron chi connectivity index (χ0n) is 12.6. The summed E-state index contributed by atoms with van der Waals surface area (Å²) in [6, 6.07) is 14.6. The van der Waals surface area contributed by atoms with E-state index >= 15 is 0 Å². The van der Waals surface area contributed by atoms with Crippen molar-refractivity contribution in [3.05, 3.63) is 57.3 Å². The van der Waals surface area contributed by atoms with Crippen LogP contribution >= 0.6 is 11.3 Å². The van der Waals surface area contributed by atoms with Gasteiger partial charge in [-0.05, 0) is 56.2 Å². The van der Waals surface area contributed by atoms with Crippen LogP contribution in [0.1, 0.15) is 59.0 Å². The van der Waals surface area contributed by atoms with Crippen LogP contribution in [0.2, 0.25) is 0 Å². The van der Waals surface area contributed by atoms with Gasteiger partial charge in [0.05, 0.1) is 0 Å². The highest BCUT2D eigenvalue weighted by molar-refractivity contribution is 7.12. The normalized spacial score (nSPS) is 25.4. The van der Waals surface area contributed by atoms with E-state index in [9.17, 15) is 0 Å². The maximum absolute atomic E-state index is 3.84. The van der Waals surface area contributed by atoms with Crippen molar-refractivity contribution >= 4 is 11.3 Å². The molecular formula is C19H23NS. The molecule has 3 unspecified atom stereocenters. The highest BCUT2D eigenvalue weighted by atomic mass is 32.1. The van der Waals surface area contributed by atoms with Crippen LogP contribution in [0, 0.1) is 0 Å². The second kappa shape index (κ2) is 5.58. The van der Waals surface area contributed by atoms with Crippen molar-refractivity contribution in [1.82, 2.24) is 5.32 Å². The van der Waals surface area contributed by atoms with Crippen LogP contribution in [0.25, 0.3) is 0 Å². The van der Waals surface area contributed by atoms with Gasteiger partial charge in [0, 0.05) is 27.8 Å². The largest absolute Gasteiger partial charge is 0.306 e. The molecule has 0 saturated heterocycles. The molecule has 0 amide bonds. The molecule has 3 atom stereocenters. The summed E-state index contributed by atoms with van der Waals surface area (Å²) in [7, 11) is 0. The van der Waals surface area contributed by atoms with Crippen LogP contribution < -0.4 is 5.32 Å². The number of rotatable bonds is 4. The molecule has 4 rings (SSSR count). The first-order valence-electron chi connectivity index (χ1n) is 8.24. The molecule has 0 spiro atoms. The van der Waals surface area contributed by atoms with Gasteiger partial charge in [-0.3, -0.25) is 0 Å². The fraction of sp³-hybridized carbons (Fsp3) is 0.474. The second-order valence-electron chi connectivity index (χ2n) is 6.55. The standard InChI is InChI=1S/C19H23NS/c1-13(19-11-15-9-5-6-10-18(15)21-19)20-17-12-16(17)14-7-3-2-4-8-14/h2-4,7-8,11,13,16-17,20H,5-6,9-10,12H2,1H3. The SMILES string of the molecule is CC(NC1CC1c1ccccc1)c1cc2c(s1)CCCC2. The average molecular weight is 297 g/mol. The fourth-order valence-electron chi connectivity index (χ4n) is 3.58. The van der Waals surface area contributed by atoms with Crippen molar-refractivity contribution in [2.75, 3.05) is 0 Å². The molecular weight excluding hydrogens is 274 g/mol. The van der Waals surface area contributed by atoms with Gasteiger partial charge in [0.2, 0.25) is 0 Å². The molecule has 1 aromatic heterocycles. The first-order chi connectivity index (χ1) is 10.3. The summed E-state index contributed by atoms with van der Waals surface area (Å²) in [5.41, 5.74) is 3.12. The van der Waals surface area contributed by atoms with Crippen molar-refractivity contribution in [3.63, 3.8) is 0 Å². The summed E-state index contributed by atoms with van der Waals surface area (Å²) in [6.07, 6.45) is 6.66. The molecule has 1 heterocycles. The van der Waals surface area contributed by atoms with E-state index in [1.54, 1.807) is 15.3 Å². The molecule has 1 aromatic carbocycles. The Morgan fingerprint density at radius 3 is 2.76 bits per heavy atom. The molecule has 110 valence electrons. The fourth-order valence-corrected chi connectivity index (χ4v) is 4.85. The third-order valence-corrected chi connectivity index (χ3v) is 6.34. The van der Waals surface area contributed by atoms with Crippen molar-refractivity contribution in [1.29, 1.82) is 0 Å². The Bertz CT molecular complexity index is 592. The smallest absolute Gasteiger partial charge is 0.0388 e. The van der Waals surface area contributed by atoms with Gasteiger partial charge in [-0.1, -0.05) is 30.3 Å². The third-order valence-electron chi connectivity index (χ3n) is 4.92. The van der Waals surface area contributed by atoms with Gasteiger partial charge in [-0.2, -0.15) is 0 Å². The van der Waals surface area contributed by atoms with Crippen LogP contribution in [0.3, 0.4) is 0 Å². The summed E-state index contributed by atoms with van der Waals surface area (Å²) in [6.45, 7) is 2.33. The molecule has 1 fully saturated rings.